The van der Waals surface area contributed by atoms with Crippen LogP contribution in [0.4, 0.5) is 13.6 Å². The standard InChI is InChI=1S/C18H28F2N2O3/c1-13(14-9-6-7-10-15(14)24-16(19)20)21-11-8-12-22(5)17(23)25-18(2,3)4/h6-7,9-10,13,16,21H,8,11-12H2,1-5H3. The van der Waals surface area contributed by atoms with Crippen LogP contribution in [-0.2, 0) is 4.74 Å². The molecule has 1 rings (SSSR count). The Kier molecular flexibility index (Phi) is 8.09. The van der Waals surface area contributed by atoms with Crippen molar-refractivity contribution in [2.45, 2.75) is 52.4 Å². The minimum absolute atomic E-state index is 0.151. The van der Waals surface area contributed by atoms with Crippen molar-refractivity contribution >= 4 is 6.09 Å². The molecule has 7 heteroatoms. The van der Waals surface area contributed by atoms with Crippen LogP contribution in [0, 0.1) is 0 Å². The number of carbonyl (C=O) groups is 1. The van der Waals surface area contributed by atoms with Gasteiger partial charge in [-0.05, 0) is 46.7 Å². The molecule has 0 saturated heterocycles. The van der Waals surface area contributed by atoms with Gasteiger partial charge in [-0.2, -0.15) is 8.78 Å². The molecular weight excluding hydrogens is 330 g/mol. The Morgan fingerprint density at radius 3 is 2.52 bits per heavy atom. The zero-order chi connectivity index (χ0) is 19.0. The maximum absolute atomic E-state index is 12.5. The van der Waals surface area contributed by atoms with Crippen molar-refractivity contribution in [2.75, 3.05) is 20.1 Å². The van der Waals surface area contributed by atoms with Gasteiger partial charge in [0.2, 0.25) is 0 Å². The fraction of sp³-hybridized carbons (Fsp3) is 0.611. The number of halogens is 2. The summed E-state index contributed by atoms with van der Waals surface area (Å²) in [5, 5.41) is 3.25. The summed E-state index contributed by atoms with van der Waals surface area (Å²) in [6.07, 6.45) is 0.342. The van der Waals surface area contributed by atoms with Gasteiger partial charge in [0.25, 0.3) is 0 Å². The van der Waals surface area contributed by atoms with E-state index in [1.54, 1.807) is 25.2 Å². The predicted octanol–water partition coefficient (Wildman–Crippen LogP) is 4.20. The van der Waals surface area contributed by atoms with Crippen molar-refractivity contribution in [1.29, 1.82) is 0 Å². The fourth-order valence-corrected chi connectivity index (χ4v) is 2.22. The smallest absolute Gasteiger partial charge is 0.410 e. The highest BCUT2D eigenvalue weighted by Crippen LogP contribution is 2.26. The van der Waals surface area contributed by atoms with Crippen LogP contribution in [0.1, 0.15) is 45.7 Å². The number of hydrogen-bond donors (Lipinski definition) is 1. The lowest BCUT2D eigenvalue weighted by molar-refractivity contribution is -0.0506. The molecule has 1 amide bonds. The molecule has 1 aromatic rings. The van der Waals surface area contributed by atoms with Gasteiger partial charge in [-0.1, -0.05) is 18.2 Å². The number of para-hydroxylation sites is 1. The van der Waals surface area contributed by atoms with Gasteiger partial charge >= 0.3 is 12.7 Å². The van der Waals surface area contributed by atoms with E-state index in [9.17, 15) is 13.6 Å². The molecule has 0 saturated carbocycles. The van der Waals surface area contributed by atoms with Crippen LogP contribution >= 0.6 is 0 Å². The number of hydrogen-bond acceptors (Lipinski definition) is 4. The monoisotopic (exact) mass is 358 g/mol. The Bertz CT molecular complexity index is 547. The van der Waals surface area contributed by atoms with Gasteiger partial charge in [-0.3, -0.25) is 0 Å². The van der Waals surface area contributed by atoms with Gasteiger partial charge in [0.1, 0.15) is 11.4 Å². The average Bonchev–Trinajstić information content (AvgIpc) is 2.49. The van der Waals surface area contributed by atoms with Gasteiger partial charge in [0, 0.05) is 25.2 Å². The van der Waals surface area contributed by atoms with E-state index in [2.05, 4.69) is 10.1 Å². The first-order valence-electron chi connectivity index (χ1n) is 8.31. The van der Waals surface area contributed by atoms with E-state index in [4.69, 9.17) is 4.74 Å². The van der Waals surface area contributed by atoms with Crippen LogP contribution in [0.3, 0.4) is 0 Å². The Balaban J connectivity index is 2.43. The minimum atomic E-state index is -2.85. The van der Waals surface area contributed by atoms with E-state index in [1.807, 2.05) is 27.7 Å². The van der Waals surface area contributed by atoms with Crippen LogP contribution in [0.5, 0.6) is 5.75 Å². The Hall–Kier alpha value is -1.89. The number of nitrogens with one attached hydrogen (secondary N) is 1. The van der Waals surface area contributed by atoms with E-state index in [1.165, 1.54) is 11.0 Å². The molecule has 0 aromatic heterocycles. The molecule has 1 N–H and O–H groups in total. The van der Waals surface area contributed by atoms with Crippen molar-refractivity contribution in [2.24, 2.45) is 0 Å². The highest BCUT2D eigenvalue weighted by atomic mass is 19.3. The Morgan fingerprint density at radius 2 is 1.92 bits per heavy atom. The number of nitrogens with zero attached hydrogens (tertiary/aromatic N) is 1. The predicted molar refractivity (Wildman–Crippen MR) is 93.0 cm³/mol. The van der Waals surface area contributed by atoms with E-state index in [-0.39, 0.29) is 17.9 Å². The quantitative estimate of drug-likeness (QED) is 0.708. The molecule has 0 radical (unpaired) electrons. The molecule has 25 heavy (non-hydrogen) atoms. The van der Waals surface area contributed by atoms with Crippen molar-refractivity contribution < 1.29 is 23.0 Å². The van der Waals surface area contributed by atoms with Crippen LogP contribution < -0.4 is 10.1 Å². The Morgan fingerprint density at radius 1 is 1.28 bits per heavy atom. The summed E-state index contributed by atoms with van der Waals surface area (Å²) < 4.78 is 34.7. The summed E-state index contributed by atoms with van der Waals surface area (Å²) in [5.74, 6) is 0.170. The molecule has 0 fully saturated rings. The van der Waals surface area contributed by atoms with Crippen molar-refractivity contribution in [3.8, 4) is 5.75 Å². The highest BCUT2D eigenvalue weighted by Gasteiger charge is 2.19. The first-order valence-corrected chi connectivity index (χ1v) is 8.31. The summed E-state index contributed by atoms with van der Waals surface area (Å²) in [7, 11) is 1.68. The SMILES string of the molecule is CC(NCCCN(C)C(=O)OC(C)(C)C)c1ccccc1OC(F)F. The molecule has 1 aromatic carbocycles. The van der Waals surface area contributed by atoms with Gasteiger partial charge in [-0.25, -0.2) is 4.79 Å². The molecule has 1 unspecified atom stereocenters. The zero-order valence-electron chi connectivity index (χ0n) is 15.5. The number of carbonyl (C=O) groups excluding carboxylic acids is 1. The molecule has 0 aliphatic rings. The van der Waals surface area contributed by atoms with Gasteiger partial charge in [-0.15, -0.1) is 0 Å². The molecule has 0 aliphatic heterocycles. The van der Waals surface area contributed by atoms with Gasteiger partial charge < -0.3 is 19.7 Å². The summed E-state index contributed by atoms with van der Waals surface area (Å²) in [6.45, 7) is 5.64. The molecule has 0 spiro atoms. The minimum Gasteiger partial charge on any atom is -0.444 e. The van der Waals surface area contributed by atoms with E-state index < -0.39 is 12.2 Å². The number of benzene rings is 1. The maximum atomic E-state index is 12.5. The molecule has 1 atom stereocenters. The van der Waals surface area contributed by atoms with Crippen LogP contribution in [0.2, 0.25) is 0 Å². The van der Waals surface area contributed by atoms with Crippen molar-refractivity contribution in [1.82, 2.24) is 10.2 Å². The van der Waals surface area contributed by atoms with Crippen LogP contribution in [0.25, 0.3) is 0 Å². The van der Waals surface area contributed by atoms with Crippen molar-refractivity contribution in [3.05, 3.63) is 29.8 Å². The highest BCUT2D eigenvalue weighted by molar-refractivity contribution is 5.67. The molecule has 0 heterocycles. The number of amides is 1. The maximum Gasteiger partial charge on any atom is 0.410 e. The lowest BCUT2D eigenvalue weighted by atomic mass is 10.1. The van der Waals surface area contributed by atoms with Gasteiger partial charge in [0.05, 0.1) is 0 Å². The third kappa shape index (κ3) is 8.16. The topological polar surface area (TPSA) is 50.8 Å². The van der Waals surface area contributed by atoms with E-state index in [0.717, 1.165) is 0 Å². The second kappa shape index (κ2) is 9.56. The van der Waals surface area contributed by atoms with Crippen LogP contribution in [0.15, 0.2) is 24.3 Å². The molecule has 5 nitrogen and oxygen atoms in total. The molecule has 142 valence electrons. The first kappa shape index (κ1) is 21.2. The average molecular weight is 358 g/mol. The largest absolute Gasteiger partial charge is 0.444 e. The third-order valence-corrected chi connectivity index (χ3v) is 3.43. The second-order valence-corrected chi connectivity index (χ2v) is 6.85. The van der Waals surface area contributed by atoms with E-state index >= 15 is 0 Å². The normalized spacial score (nSPS) is 12.8. The summed E-state index contributed by atoms with van der Waals surface area (Å²) in [6, 6.07) is 6.56. The lowest BCUT2D eigenvalue weighted by Crippen LogP contribution is -2.35. The molecule has 0 aliphatic carbocycles. The molecular formula is C18H28F2N2O3. The summed E-state index contributed by atoms with van der Waals surface area (Å²) >= 11 is 0. The fourth-order valence-electron chi connectivity index (χ4n) is 2.22. The summed E-state index contributed by atoms with van der Waals surface area (Å²) in [4.78, 5) is 13.4. The third-order valence-electron chi connectivity index (χ3n) is 3.43. The number of ether oxygens (including phenoxy) is 2. The molecule has 0 bridgehead atoms. The van der Waals surface area contributed by atoms with Gasteiger partial charge in [0.15, 0.2) is 0 Å². The second-order valence-electron chi connectivity index (χ2n) is 6.85. The zero-order valence-corrected chi connectivity index (χ0v) is 15.5. The van der Waals surface area contributed by atoms with E-state index in [0.29, 0.717) is 25.1 Å². The Labute approximate surface area is 148 Å². The summed E-state index contributed by atoms with van der Waals surface area (Å²) in [5.41, 5.74) is 0.148. The number of alkyl halides is 2. The van der Waals surface area contributed by atoms with Crippen molar-refractivity contribution in [3.63, 3.8) is 0 Å². The van der Waals surface area contributed by atoms with Crippen LogP contribution in [-0.4, -0.2) is 43.3 Å². The first-order chi connectivity index (χ1) is 11.6. The number of rotatable bonds is 8. The lowest BCUT2D eigenvalue weighted by Gasteiger charge is -2.25.